The Kier molecular flexibility index (Phi) is 9.20. The van der Waals surface area contributed by atoms with E-state index in [1.807, 2.05) is 12.3 Å². The summed E-state index contributed by atoms with van der Waals surface area (Å²) >= 11 is 0. The number of nitrogens with zero attached hydrogens (tertiary/aromatic N) is 1. The first kappa shape index (κ1) is 19.3. The van der Waals surface area contributed by atoms with Gasteiger partial charge in [0.2, 0.25) is 0 Å². The van der Waals surface area contributed by atoms with Crippen molar-refractivity contribution in [1.29, 1.82) is 0 Å². The highest BCUT2D eigenvalue weighted by Gasteiger charge is 2.06. The third-order valence-corrected chi connectivity index (χ3v) is 4.02. The highest BCUT2D eigenvalue weighted by atomic mass is 15.1. The number of nitrogens with two attached hydrogens (primary N) is 1. The van der Waals surface area contributed by atoms with Crippen molar-refractivity contribution in [3.8, 4) is 0 Å². The Bertz CT molecular complexity index is 476. The molecule has 1 aromatic carbocycles. The standard InChI is InChI=1S/C21H34N2/c1-5-12-23(14-11-22)13-7-8-19(4)16-21-10-6-9-20(17-21)15-18(2)3/h5-6,9-11,14,17-19H,1,7-8,12-13,15-16,22H2,2-4H3/b14-11-. The molecule has 1 unspecified atom stereocenters. The minimum atomic E-state index is 0.705. The summed E-state index contributed by atoms with van der Waals surface area (Å²) in [6, 6.07) is 9.11. The minimum Gasteiger partial charge on any atom is -0.403 e. The lowest BCUT2D eigenvalue weighted by molar-refractivity contribution is 0.376. The first-order valence-electron chi connectivity index (χ1n) is 8.86. The molecule has 0 aliphatic heterocycles. The van der Waals surface area contributed by atoms with E-state index in [1.54, 1.807) is 6.20 Å². The molecule has 0 radical (unpaired) electrons. The van der Waals surface area contributed by atoms with Crippen LogP contribution >= 0.6 is 0 Å². The second kappa shape index (κ2) is 10.9. The van der Waals surface area contributed by atoms with E-state index in [4.69, 9.17) is 5.73 Å². The Balaban J connectivity index is 2.41. The van der Waals surface area contributed by atoms with Gasteiger partial charge in [0, 0.05) is 25.5 Å². The van der Waals surface area contributed by atoms with Crippen molar-refractivity contribution in [1.82, 2.24) is 4.90 Å². The van der Waals surface area contributed by atoms with Gasteiger partial charge in [-0.25, -0.2) is 0 Å². The Labute approximate surface area is 143 Å². The summed E-state index contributed by atoms with van der Waals surface area (Å²) in [6.07, 6.45) is 10.2. The Morgan fingerprint density at radius 3 is 2.48 bits per heavy atom. The van der Waals surface area contributed by atoms with Crippen molar-refractivity contribution >= 4 is 0 Å². The van der Waals surface area contributed by atoms with Gasteiger partial charge in [0.25, 0.3) is 0 Å². The summed E-state index contributed by atoms with van der Waals surface area (Å²) in [6.45, 7) is 12.6. The molecule has 0 spiro atoms. The van der Waals surface area contributed by atoms with E-state index in [2.05, 4.69) is 56.5 Å². The van der Waals surface area contributed by atoms with Crippen LogP contribution in [0.1, 0.15) is 44.7 Å². The quantitative estimate of drug-likeness (QED) is 0.597. The van der Waals surface area contributed by atoms with E-state index >= 15 is 0 Å². The van der Waals surface area contributed by atoms with Gasteiger partial charge in [-0.1, -0.05) is 51.1 Å². The SMILES string of the molecule is C=CCN(/C=C\N)CCCC(C)Cc1cccc(CC(C)C)c1. The van der Waals surface area contributed by atoms with Gasteiger partial charge in [0.1, 0.15) is 0 Å². The van der Waals surface area contributed by atoms with Crippen LogP contribution in [0.5, 0.6) is 0 Å². The fourth-order valence-electron chi connectivity index (χ4n) is 3.02. The molecule has 1 aromatic rings. The van der Waals surface area contributed by atoms with E-state index < -0.39 is 0 Å². The van der Waals surface area contributed by atoms with Crippen LogP contribution in [0.25, 0.3) is 0 Å². The molecule has 0 heterocycles. The van der Waals surface area contributed by atoms with Crippen LogP contribution in [-0.4, -0.2) is 18.0 Å². The van der Waals surface area contributed by atoms with Gasteiger partial charge >= 0.3 is 0 Å². The molecular formula is C21H34N2. The van der Waals surface area contributed by atoms with Crippen LogP contribution < -0.4 is 5.73 Å². The average molecular weight is 315 g/mol. The normalized spacial score (nSPS) is 12.7. The molecule has 128 valence electrons. The summed E-state index contributed by atoms with van der Waals surface area (Å²) in [7, 11) is 0. The van der Waals surface area contributed by atoms with Crippen LogP contribution in [-0.2, 0) is 12.8 Å². The third kappa shape index (κ3) is 8.49. The smallest absolute Gasteiger partial charge is 0.0351 e. The van der Waals surface area contributed by atoms with Crippen molar-refractivity contribution < 1.29 is 0 Å². The summed E-state index contributed by atoms with van der Waals surface area (Å²) in [5.74, 6) is 1.42. The molecule has 0 aromatic heterocycles. The van der Waals surface area contributed by atoms with Crippen molar-refractivity contribution in [3.63, 3.8) is 0 Å². The van der Waals surface area contributed by atoms with Gasteiger partial charge in [0.15, 0.2) is 0 Å². The predicted molar refractivity (Wildman–Crippen MR) is 102 cm³/mol. The fourth-order valence-corrected chi connectivity index (χ4v) is 3.02. The van der Waals surface area contributed by atoms with Crippen LogP contribution in [0.15, 0.2) is 49.3 Å². The lowest BCUT2D eigenvalue weighted by Crippen LogP contribution is -2.19. The van der Waals surface area contributed by atoms with Gasteiger partial charge in [-0.05, 0) is 48.6 Å². The van der Waals surface area contributed by atoms with Gasteiger partial charge in [-0.15, -0.1) is 6.58 Å². The first-order chi connectivity index (χ1) is 11.0. The van der Waals surface area contributed by atoms with E-state index in [9.17, 15) is 0 Å². The minimum absolute atomic E-state index is 0.705. The highest BCUT2D eigenvalue weighted by molar-refractivity contribution is 5.24. The summed E-state index contributed by atoms with van der Waals surface area (Å²) in [5.41, 5.74) is 8.43. The molecule has 1 rings (SSSR count). The molecule has 23 heavy (non-hydrogen) atoms. The maximum atomic E-state index is 5.49. The van der Waals surface area contributed by atoms with Crippen molar-refractivity contribution in [3.05, 3.63) is 60.4 Å². The van der Waals surface area contributed by atoms with Gasteiger partial charge in [-0.3, -0.25) is 0 Å². The van der Waals surface area contributed by atoms with Crippen LogP contribution in [0.3, 0.4) is 0 Å². The zero-order chi connectivity index (χ0) is 17.1. The molecule has 2 heteroatoms. The van der Waals surface area contributed by atoms with E-state index in [0.29, 0.717) is 11.8 Å². The summed E-state index contributed by atoms with van der Waals surface area (Å²) < 4.78 is 0. The summed E-state index contributed by atoms with van der Waals surface area (Å²) in [4.78, 5) is 2.21. The number of hydrogen-bond donors (Lipinski definition) is 1. The highest BCUT2D eigenvalue weighted by Crippen LogP contribution is 2.17. The molecule has 0 bridgehead atoms. The van der Waals surface area contributed by atoms with Crippen LogP contribution in [0.4, 0.5) is 0 Å². The molecule has 0 fully saturated rings. The fraction of sp³-hybridized carbons (Fsp3) is 0.524. The predicted octanol–water partition coefficient (Wildman–Crippen LogP) is 4.76. The maximum Gasteiger partial charge on any atom is 0.0351 e. The van der Waals surface area contributed by atoms with Crippen molar-refractivity contribution in [2.45, 2.75) is 46.5 Å². The second-order valence-corrected chi connectivity index (χ2v) is 6.99. The van der Waals surface area contributed by atoms with E-state index in [1.165, 1.54) is 36.8 Å². The molecule has 1 atom stereocenters. The molecule has 0 saturated carbocycles. The van der Waals surface area contributed by atoms with E-state index in [-0.39, 0.29) is 0 Å². The lowest BCUT2D eigenvalue weighted by atomic mass is 9.94. The number of hydrogen-bond acceptors (Lipinski definition) is 2. The average Bonchev–Trinajstić information content (AvgIpc) is 2.47. The molecule has 2 nitrogen and oxygen atoms in total. The van der Waals surface area contributed by atoms with E-state index in [0.717, 1.165) is 13.1 Å². The summed E-state index contributed by atoms with van der Waals surface area (Å²) in [5, 5.41) is 0. The maximum absolute atomic E-state index is 5.49. The largest absolute Gasteiger partial charge is 0.403 e. The molecule has 0 aliphatic carbocycles. The molecular weight excluding hydrogens is 280 g/mol. The van der Waals surface area contributed by atoms with Crippen molar-refractivity contribution in [2.75, 3.05) is 13.1 Å². The third-order valence-electron chi connectivity index (χ3n) is 4.02. The first-order valence-corrected chi connectivity index (χ1v) is 8.86. The van der Waals surface area contributed by atoms with Crippen LogP contribution in [0, 0.1) is 11.8 Å². The molecule has 0 amide bonds. The Morgan fingerprint density at radius 2 is 1.87 bits per heavy atom. The molecule has 2 N–H and O–H groups in total. The van der Waals surface area contributed by atoms with Gasteiger partial charge < -0.3 is 10.6 Å². The topological polar surface area (TPSA) is 29.3 Å². The van der Waals surface area contributed by atoms with Crippen LogP contribution in [0.2, 0.25) is 0 Å². The number of benzene rings is 1. The van der Waals surface area contributed by atoms with Gasteiger partial charge in [-0.2, -0.15) is 0 Å². The van der Waals surface area contributed by atoms with Crippen molar-refractivity contribution in [2.24, 2.45) is 17.6 Å². The van der Waals surface area contributed by atoms with Gasteiger partial charge in [0.05, 0.1) is 0 Å². The Morgan fingerprint density at radius 1 is 1.17 bits per heavy atom. The lowest BCUT2D eigenvalue weighted by Gasteiger charge is -2.19. The zero-order valence-corrected chi connectivity index (χ0v) is 15.2. The molecule has 0 saturated heterocycles. The molecule has 0 aliphatic rings. The monoisotopic (exact) mass is 314 g/mol. The Hall–Kier alpha value is -1.70. The zero-order valence-electron chi connectivity index (χ0n) is 15.2. The number of rotatable bonds is 11. The second-order valence-electron chi connectivity index (χ2n) is 6.99.